The Bertz CT molecular complexity index is 922. The summed E-state index contributed by atoms with van der Waals surface area (Å²) >= 11 is 1.28. The van der Waals surface area contributed by atoms with E-state index in [-0.39, 0.29) is 48.1 Å². The minimum atomic E-state index is -0.560. The van der Waals surface area contributed by atoms with E-state index >= 15 is 0 Å². The van der Waals surface area contributed by atoms with Crippen molar-refractivity contribution in [1.82, 2.24) is 20.9 Å². The van der Waals surface area contributed by atoms with E-state index in [1.807, 2.05) is 6.92 Å². The fraction of sp³-hybridized carbons (Fsp3) is 0.400. The van der Waals surface area contributed by atoms with E-state index in [1.54, 1.807) is 27.0 Å². The molecule has 8 nitrogen and oxygen atoms in total. The summed E-state index contributed by atoms with van der Waals surface area (Å²) in [4.78, 5) is 33.0. The van der Waals surface area contributed by atoms with E-state index in [9.17, 15) is 14.0 Å². The second-order valence-electron chi connectivity index (χ2n) is 6.29. The summed E-state index contributed by atoms with van der Waals surface area (Å²) in [7, 11) is 1.62. The Morgan fingerprint density at radius 1 is 1.26 bits per heavy atom. The third-order valence-corrected chi connectivity index (χ3v) is 5.36. The number of hydrogen-bond donors (Lipinski definition) is 3. The number of nitrogens with one attached hydrogen (secondary N) is 3. The Labute approximate surface area is 202 Å². The molecular weight excluding hydrogens is 536 g/mol. The molecule has 2 aromatic rings. The molecule has 1 aromatic heterocycles. The molecule has 0 spiro atoms. The van der Waals surface area contributed by atoms with Crippen molar-refractivity contribution in [1.29, 1.82) is 0 Å². The number of ether oxygens (including phenoxy) is 1. The molecule has 31 heavy (non-hydrogen) atoms. The maximum absolute atomic E-state index is 13.6. The zero-order chi connectivity index (χ0) is 22.1. The highest BCUT2D eigenvalue weighted by Crippen LogP contribution is 2.24. The number of guanidine groups is 1. The molecule has 0 aliphatic rings. The summed E-state index contributed by atoms with van der Waals surface area (Å²) in [5, 5.41) is 9.64. The van der Waals surface area contributed by atoms with Crippen molar-refractivity contribution in [2.24, 2.45) is 4.99 Å². The first-order valence-corrected chi connectivity index (χ1v) is 10.3. The second-order valence-corrected chi connectivity index (χ2v) is 7.32. The smallest absolute Gasteiger partial charge is 0.350 e. The Morgan fingerprint density at radius 2 is 1.94 bits per heavy atom. The topological polar surface area (TPSA) is 105 Å². The van der Waals surface area contributed by atoms with Crippen molar-refractivity contribution in [3.8, 4) is 0 Å². The number of benzene rings is 1. The average molecular weight is 563 g/mol. The van der Waals surface area contributed by atoms with Crippen molar-refractivity contribution in [2.75, 3.05) is 26.7 Å². The number of esters is 1. The summed E-state index contributed by atoms with van der Waals surface area (Å²) in [6.45, 7) is 6.41. The predicted molar refractivity (Wildman–Crippen MR) is 130 cm³/mol. The van der Waals surface area contributed by atoms with Crippen LogP contribution in [0.3, 0.4) is 0 Å². The molecule has 2 rings (SSSR count). The van der Waals surface area contributed by atoms with Gasteiger partial charge in [0.15, 0.2) is 5.96 Å². The van der Waals surface area contributed by atoms with Gasteiger partial charge < -0.3 is 20.7 Å². The van der Waals surface area contributed by atoms with Gasteiger partial charge in [-0.3, -0.25) is 9.79 Å². The largest absolute Gasteiger partial charge is 0.462 e. The van der Waals surface area contributed by atoms with Crippen LogP contribution in [0, 0.1) is 12.7 Å². The number of carbonyl (C=O) groups excluding carboxylic acids is 2. The molecular formula is C20H27FIN5O3S. The number of aryl methyl sites for hydroxylation is 1. The van der Waals surface area contributed by atoms with Crippen LogP contribution in [-0.4, -0.2) is 49.6 Å². The van der Waals surface area contributed by atoms with Crippen molar-refractivity contribution in [3.63, 3.8) is 0 Å². The lowest BCUT2D eigenvalue weighted by molar-refractivity contribution is 0.0531. The highest BCUT2D eigenvalue weighted by atomic mass is 127. The van der Waals surface area contributed by atoms with Crippen LogP contribution < -0.4 is 16.0 Å². The Kier molecular flexibility index (Phi) is 11.4. The van der Waals surface area contributed by atoms with E-state index < -0.39 is 11.7 Å². The van der Waals surface area contributed by atoms with Crippen LogP contribution in [0.2, 0.25) is 0 Å². The molecule has 11 heteroatoms. The molecule has 0 aliphatic carbocycles. The molecule has 1 heterocycles. The summed E-state index contributed by atoms with van der Waals surface area (Å²) in [5.74, 6) is -0.904. The van der Waals surface area contributed by atoms with E-state index in [0.717, 1.165) is 5.01 Å². The number of rotatable bonds is 8. The van der Waals surface area contributed by atoms with E-state index in [2.05, 4.69) is 25.9 Å². The number of thiazole rings is 1. The summed E-state index contributed by atoms with van der Waals surface area (Å²) in [5.41, 5.74) is 0.631. The zero-order valence-corrected chi connectivity index (χ0v) is 21.0. The van der Waals surface area contributed by atoms with Crippen molar-refractivity contribution in [2.45, 2.75) is 26.8 Å². The van der Waals surface area contributed by atoms with Gasteiger partial charge >= 0.3 is 5.97 Å². The predicted octanol–water partition coefficient (Wildman–Crippen LogP) is 3.04. The number of aliphatic imine (C=N–C) groups is 1. The van der Waals surface area contributed by atoms with E-state index in [1.165, 1.54) is 29.5 Å². The average Bonchev–Trinajstić information content (AvgIpc) is 3.12. The van der Waals surface area contributed by atoms with E-state index in [4.69, 9.17) is 4.74 Å². The van der Waals surface area contributed by atoms with Crippen LogP contribution in [-0.2, 0) is 4.74 Å². The highest BCUT2D eigenvalue weighted by molar-refractivity contribution is 14.0. The Morgan fingerprint density at radius 3 is 2.58 bits per heavy atom. The van der Waals surface area contributed by atoms with Crippen LogP contribution in [0.15, 0.2) is 29.3 Å². The first-order valence-electron chi connectivity index (χ1n) is 9.51. The monoisotopic (exact) mass is 563 g/mol. The van der Waals surface area contributed by atoms with Crippen LogP contribution in [0.25, 0.3) is 0 Å². The highest BCUT2D eigenvalue weighted by Gasteiger charge is 2.20. The number of amides is 1. The third kappa shape index (κ3) is 7.73. The maximum atomic E-state index is 13.6. The summed E-state index contributed by atoms with van der Waals surface area (Å²) in [6.07, 6.45) is 0. The van der Waals surface area contributed by atoms with Crippen molar-refractivity contribution in [3.05, 3.63) is 51.2 Å². The lowest BCUT2D eigenvalue weighted by Crippen LogP contribution is -2.42. The van der Waals surface area contributed by atoms with Crippen LogP contribution in [0.4, 0.5) is 4.39 Å². The number of carbonyl (C=O) groups is 2. The quantitative estimate of drug-likeness (QED) is 0.150. The Hall–Kier alpha value is -2.28. The minimum Gasteiger partial charge on any atom is -0.462 e. The molecule has 170 valence electrons. The second kappa shape index (κ2) is 13.2. The van der Waals surface area contributed by atoms with E-state index in [0.29, 0.717) is 29.7 Å². The van der Waals surface area contributed by atoms with Crippen LogP contribution >= 0.6 is 35.3 Å². The fourth-order valence-electron chi connectivity index (χ4n) is 2.55. The number of halogens is 2. The lowest BCUT2D eigenvalue weighted by atomic mass is 10.2. The van der Waals surface area contributed by atoms with Gasteiger partial charge in [0.1, 0.15) is 15.7 Å². The van der Waals surface area contributed by atoms with Gasteiger partial charge in [0.05, 0.1) is 23.9 Å². The number of hydrogen-bond acceptors (Lipinski definition) is 6. The van der Waals surface area contributed by atoms with Gasteiger partial charge in [0, 0.05) is 20.1 Å². The normalized spacial score (nSPS) is 11.8. The van der Waals surface area contributed by atoms with Gasteiger partial charge in [0.25, 0.3) is 5.91 Å². The van der Waals surface area contributed by atoms with Crippen molar-refractivity contribution < 1.29 is 18.7 Å². The van der Waals surface area contributed by atoms with Crippen LogP contribution in [0.1, 0.15) is 50.6 Å². The molecule has 0 bridgehead atoms. The SMILES string of the molecule is CCOC(=O)c1sc(C(C)NC(=NC)NCCNC(=O)c2ccccc2F)nc1C.I. The molecule has 3 N–H and O–H groups in total. The van der Waals surface area contributed by atoms with Crippen molar-refractivity contribution >= 4 is 53.1 Å². The fourth-order valence-corrected chi connectivity index (χ4v) is 3.51. The number of nitrogens with zero attached hydrogens (tertiary/aromatic N) is 2. The molecule has 0 saturated carbocycles. The molecule has 1 aromatic carbocycles. The van der Waals surface area contributed by atoms with Crippen LogP contribution in [0.5, 0.6) is 0 Å². The Balaban J connectivity index is 0.00000480. The molecule has 0 fully saturated rings. The molecule has 1 atom stereocenters. The zero-order valence-electron chi connectivity index (χ0n) is 17.8. The molecule has 0 radical (unpaired) electrons. The van der Waals surface area contributed by atoms with Gasteiger partial charge in [-0.15, -0.1) is 35.3 Å². The standard InChI is InChI=1S/C20H26FN5O3S.HI/c1-5-29-19(28)16-12(2)25-18(30-16)13(3)26-20(22-4)24-11-10-23-17(27)14-8-6-7-9-15(14)21;/h6-9,13H,5,10-11H2,1-4H3,(H,23,27)(H2,22,24,26);1H. The third-order valence-electron chi connectivity index (χ3n) is 4.04. The number of aromatic nitrogens is 1. The first-order chi connectivity index (χ1) is 14.4. The summed E-state index contributed by atoms with van der Waals surface area (Å²) < 4.78 is 18.7. The van der Waals surface area contributed by atoms with Gasteiger partial charge in [0.2, 0.25) is 0 Å². The van der Waals surface area contributed by atoms with Gasteiger partial charge in [-0.25, -0.2) is 14.2 Å². The summed E-state index contributed by atoms with van der Waals surface area (Å²) in [6, 6.07) is 5.62. The van der Waals surface area contributed by atoms with Gasteiger partial charge in [-0.05, 0) is 32.9 Å². The molecule has 0 saturated heterocycles. The molecule has 1 unspecified atom stereocenters. The molecule has 1 amide bonds. The minimum absolute atomic E-state index is 0. The first kappa shape index (κ1) is 26.8. The van der Waals surface area contributed by atoms with Gasteiger partial charge in [-0.2, -0.15) is 0 Å². The van der Waals surface area contributed by atoms with Gasteiger partial charge in [-0.1, -0.05) is 12.1 Å². The maximum Gasteiger partial charge on any atom is 0.350 e. The lowest BCUT2D eigenvalue weighted by Gasteiger charge is -2.16. The molecule has 0 aliphatic heterocycles.